The van der Waals surface area contributed by atoms with E-state index in [-0.39, 0.29) is 0 Å². The Bertz CT molecular complexity index is 579. The van der Waals surface area contributed by atoms with Crippen LogP contribution in [-0.2, 0) is 4.74 Å². The Labute approximate surface area is 128 Å². The van der Waals surface area contributed by atoms with Crippen LogP contribution in [0, 0.1) is 5.82 Å². The van der Waals surface area contributed by atoms with Crippen molar-refractivity contribution in [3.05, 3.63) is 35.4 Å². The van der Waals surface area contributed by atoms with E-state index in [1.165, 1.54) is 0 Å². The molecule has 1 rings (SSSR count). The Hall–Kier alpha value is -2.44. The highest BCUT2D eigenvalue weighted by atomic mass is 19.1. The monoisotopic (exact) mass is 310 g/mol. The zero-order valence-corrected chi connectivity index (χ0v) is 12.7. The number of hydrogen-bond acceptors (Lipinski definition) is 4. The van der Waals surface area contributed by atoms with E-state index in [0.717, 1.165) is 12.3 Å². The van der Waals surface area contributed by atoms with Gasteiger partial charge in [0, 0.05) is 6.54 Å². The maximum absolute atomic E-state index is 13.2. The van der Waals surface area contributed by atoms with E-state index in [9.17, 15) is 14.0 Å². The molecule has 0 radical (unpaired) electrons. The molecule has 0 aliphatic carbocycles. The van der Waals surface area contributed by atoms with Crippen molar-refractivity contribution >= 4 is 18.1 Å². The summed E-state index contributed by atoms with van der Waals surface area (Å²) in [6.45, 7) is 5.67. The number of pyridine rings is 1. The van der Waals surface area contributed by atoms with Crippen molar-refractivity contribution in [3.8, 4) is 0 Å². The number of aromatic nitrogens is 1. The lowest BCUT2D eigenvalue weighted by molar-refractivity contribution is 0.0528. The second-order valence-corrected chi connectivity index (χ2v) is 5.51. The van der Waals surface area contributed by atoms with Gasteiger partial charge in [0.2, 0.25) is 0 Å². The number of carbonyl (C=O) groups is 2. The Balaban J connectivity index is 2.45. The van der Waals surface area contributed by atoms with Crippen molar-refractivity contribution in [2.75, 3.05) is 6.54 Å². The highest BCUT2D eigenvalue weighted by Crippen LogP contribution is 2.09. The van der Waals surface area contributed by atoms with Crippen LogP contribution >= 0.6 is 0 Å². The first-order chi connectivity index (χ1) is 10.2. The third-order valence-electron chi connectivity index (χ3n) is 2.37. The summed E-state index contributed by atoms with van der Waals surface area (Å²) >= 11 is 0. The molecule has 1 aromatic rings. The highest BCUT2D eigenvalue weighted by molar-refractivity contribution is 5.88. The first-order valence-corrected chi connectivity index (χ1v) is 6.71. The summed E-state index contributed by atoms with van der Waals surface area (Å²) in [5, 5.41) is 11.4. The molecule has 0 fully saturated rings. The minimum Gasteiger partial charge on any atom is -0.478 e. The van der Waals surface area contributed by atoms with Crippen LogP contribution in [0.1, 0.15) is 43.2 Å². The lowest BCUT2D eigenvalue weighted by Gasteiger charge is -2.19. The molecular weight excluding hydrogens is 291 g/mol. The molecular formula is C15H19FN2O4. The number of ether oxygens (including phenoxy) is 1. The van der Waals surface area contributed by atoms with E-state index in [4.69, 9.17) is 9.84 Å². The maximum atomic E-state index is 13.2. The standard InChI is InChI=1S/C15H19FN2O4/c1-15(2,3)22-14(21)17-7-5-4-6-10-8-11(13(19)20)12(16)9-18-10/h4,6,8-9H,5,7H2,1-3H3,(H,17,21)(H,19,20). The fourth-order valence-corrected chi connectivity index (χ4v) is 1.49. The van der Waals surface area contributed by atoms with E-state index in [1.54, 1.807) is 32.9 Å². The predicted molar refractivity (Wildman–Crippen MR) is 79.0 cm³/mol. The summed E-state index contributed by atoms with van der Waals surface area (Å²) in [4.78, 5) is 25.9. The summed E-state index contributed by atoms with van der Waals surface area (Å²) in [5.74, 6) is -2.22. The molecule has 1 amide bonds. The van der Waals surface area contributed by atoms with Crippen LogP contribution < -0.4 is 5.32 Å². The van der Waals surface area contributed by atoms with E-state index in [2.05, 4.69) is 10.3 Å². The third kappa shape index (κ3) is 6.34. The SMILES string of the molecule is CC(C)(C)OC(=O)NCCC=Cc1cc(C(=O)O)c(F)cn1. The first kappa shape index (κ1) is 17.6. The number of rotatable bonds is 5. The number of carboxylic acid groups (broad SMARTS) is 1. The van der Waals surface area contributed by atoms with Gasteiger partial charge in [-0.15, -0.1) is 0 Å². The number of halogens is 1. The van der Waals surface area contributed by atoms with Crippen molar-refractivity contribution in [1.82, 2.24) is 10.3 Å². The van der Waals surface area contributed by atoms with Crippen LogP contribution in [-0.4, -0.2) is 34.3 Å². The molecule has 0 aliphatic rings. The molecule has 0 aromatic carbocycles. The number of nitrogens with one attached hydrogen (secondary N) is 1. The quantitative estimate of drug-likeness (QED) is 0.816. The van der Waals surface area contributed by atoms with Crippen LogP contribution in [0.3, 0.4) is 0 Å². The smallest absolute Gasteiger partial charge is 0.407 e. The molecule has 120 valence electrons. The Morgan fingerprint density at radius 2 is 2.14 bits per heavy atom. The van der Waals surface area contributed by atoms with Crippen LogP contribution in [0.4, 0.5) is 9.18 Å². The molecule has 0 saturated heterocycles. The molecule has 6 nitrogen and oxygen atoms in total. The van der Waals surface area contributed by atoms with Gasteiger partial charge < -0.3 is 15.2 Å². The third-order valence-corrected chi connectivity index (χ3v) is 2.37. The topological polar surface area (TPSA) is 88.5 Å². The molecule has 1 heterocycles. The summed E-state index contributed by atoms with van der Waals surface area (Å²) in [7, 11) is 0. The Morgan fingerprint density at radius 1 is 1.45 bits per heavy atom. The molecule has 0 spiro atoms. The Kier molecular flexibility index (Phi) is 6.03. The van der Waals surface area contributed by atoms with Gasteiger partial charge in [-0.2, -0.15) is 0 Å². The van der Waals surface area contributed by atoms with Crippen molar-refractivity contribution in [2.45, 2.75) is 32.8 Å². The fraction of sp³-hybridized carbons (Fsp3) is 0.400. The van der Waals surface area contributed by atoms with Gasteiger partial charge in [0.05, 0.1) is 17.5 Å². The number of amides is 1. The average Bonchev–Trinajstić information content (AvgIpc) is 2.37. The summed E-state index contributed by atoms with van der Waals surface area (Å²) in [6.07, 6.45) is 4.11. The minimum absolute atomic E-state index is 0.330. The largest absolute Gasteiger partial charge is 0.478 e. The minimum atomic E-state index is -1.35. The van der Waals surface area contributed by atoms with E-state index < -0.39 is 29.0 Å². The normalized spacial score (nSPS) is 11.5. The van der Waals surface area contributed by atoms with Crippen LogP contribution in [0.25, 0.3) is 6.08 Å². The highest BCUT2D eigenvalue weighted by Gasteiger charge is 2.15. The first-order valence-electron chi connectivity index (χ1n) is 6.71. The van der Waals surface area contributed by atoms with Crippen LogP contribution in [0.15, 0.2) is 18.3 Å². The second kappa shape index (κ2) is 7.53. The van der Waals surface area contributed by atoms with Gasteiger partial charge in [0.1, 0.15) is 5.60 Å². The average molecular weight is 310 g/mol. The van der Waals surface area contributed by atoms with Gasteiger partial charge >= 0.3 is 12.1 Å². The van der Waals surface area contributed by atoms with Gasteiger partial charge in [0.25, 0.3) is 0 Å². The zero-order valence-electron chi connectivity index (χ0n) is 12.7. The van der Waals surface area contributed by atoms with Gasteiger partial charge in [-0.3, -0.25) is 4.98 Å². The molecule has 0 unspecified atom stereocenters. The molecule has 0 aliphatic heterocycles. The molecule has 22 heavy (non-hydrogen) atoms. The predicted octanol–water partition coefficient (Wildman–Crippen LogP) is 2.85. The fourth-order valence-electron chi connectivity index (χ4n) is 1.49. The number of nitrogens with zero attached hydrogens (tertiary/aromatic N) is 1. The molecule has 0 bridgehead atoms. The molecule has 7 heteroatoms. The van der Waals surface area contributed by atoms with Crippen LogP contribution in [0.2, 0.25) is 0 Å². The van der Waals surface area contributed by atoms with Gasteiger partial charge in [-0.25, -0.2) is 14.0 Å². The van der Waals surface area contributed by atoms with Crippen molar-refractivity contribution in [1.29, 1.82) is 0 Å². The van der Waals surface area contributed by atoms with Gasteiger partial charge in [-0.05, 0) is 39.3 Å². The molecule has 2 N–H and O–H groups in total. The number of carbonyl (C=O) groups excluding carboxylic acids is 1. The summed E-state index contributed by atoms with van der Waals surface area (Å²) < 4.78 is 18.2. The van der Waals surface area contributed by atoms with Crippen molar-refractivity contribution in [3.63, 3.8) is 0 Å². The van der Waals surface area contributed by atoms with E-state index in [1.807, 2.05) is 0 Å². The Morgan fingerprint density at radius 3 is 2.73 bits per heavy atom. The number of carboxylic acids is 1. The molecule has 1 aromatic heterocycles. The van der Waals surface area contributed by atoms with Crippen molar-refractivity contribution < 1.29 is 23.8 Å². The number of alkyl carbamates (subject to hydrolysis) is 1. The zero-order chi connectivity index (χ0) is 16.8. The lowest BCUT2D eigenvalue weighted by atomic mass is 10.2. The molecule has 0 saturated carbocycles. The van der Waals surface area contributed by atoms with Gasteiger partial charge in [-0.1, -0.05) is 6.08 Å². The maximum Gasteiger partial charge on any atom is 0.407 e. The van der Waals surface area contributed by atoms with E-state index in [0.29, 0.717) is 18.7 Å². The summed E-state index contributed by atoms with van der Waals surface area (Å²) in [6, 6.07) is 1.15. The summed E-state index contributed by atoms with van der Waals surface area (Å²) in [5.41, 5.74) is -0.650. The van der Waals surface area contributed by atoms with Gasteiger partial charge in [0.15, 0.2) is 5.82 Å². The second-order valence-electron chi connectivity index (χ2n) is 5.51. The molecule has 0 atom stereocenters. The van der Waals surface area contributed by atoms with Crippen LogP contribution in [0.5, 0.6) is 0 Å². The lowest BCUT2D eigenvalue weighted by Crippen LogP contribution is -2.32. The number of aromatic carboxylic acids is 1. The van der Waals surface area contributed by atoms with E-state index >= 15 is 0 Å². The van der Waals surface area contributed by atoms with Crippen molar-refractivity contribution in [2.24, 2.45) is 0 Å². The number of hydrogen-bond donors (Lipinski definition) is 2.